The summed E-state index contributed by atoms with van der Waals surface area (Å²) in [5, 5.41) is 5.80. The van der Waals surface area contributed by atoms with Crippen molar-refractivity contribution in [2.75, 3.05) is 32.6 Å². The summed E-state index contributed by atoms with van der Waals surface area (Å²) >= 11 is 0. The van der Waals surface area contributed by atoms with Gasteiger partial charge in [0.05, 0.1) is 0 Å². The maximum Gasteiger partial charge on any atom is 0.251 e. The number of pyridine rings is 1. The van der Waals surface area contributed by atoms with Gasteiger partial charge in [-0.3, -0.25) is 4.79 Å². The molecule has 0 saturated carbocycles. The number of aromatic nitrogens is 1. The van der Waals surface area contributed by atoms with E-state index in [0.717, 1.165) is 25.9 Å². The van der Waals surface area contributed by atoms with Gasteiger partial charge in [0.15, 0.2) is 0 Å². The van der Waals surface area contributed by atoms with Crippen LogP contribution in [0.4, 0.5) is 5.82 Å². The fraction of sp³-hybridized carbons (Fsp3) is 0.538. The van der Waals surface area contributed by atoms with Crippen LogP contribution in [0.15, 0.2) is 18.3 Å². The summed E-state index contributed by atoms with van der Waals surface area (Å²) in [6.07, 6.45) is 4.69. The first-order chi connectivity index (χ1) is 8.77. The van der Waals surface area contributed by atoms with Gasteiger partial charge >= 0.3 is 0 Å². The molecule has 0 fully saturated rings. The first-order valence-corrected chi connectivity index (χ1v) is 6.19. The van der Waals surface area contributed by atoms with E-state index in [2.05, 4.69) is 15.6 Å². The third-order valence-corrected chi connectivity index (χ3v) is 2.59. The van der Waals surface area contributed by atoms with Gasteiger partial charge in [0.25, 0.3) is 5.91 Å². The highest BCUT2D eigenvalue weighted by Crippen LogP contribution is 2.05. The lowest BCUT2D eigenvalue weighted by atomic mass is 10.2. The van der Waals surface area contributed by atoms with Gasteiger partial charge in [-0.05, 0) is 31.4 Å². The smallest absolute Gasteiger partial charge is 0.251 e. The Kier molecular flexibility index (Phi) is 6.79. The van der Waals surface area contributed by atoms with E-state index in [-0.39, 0.29) is 5.91 Å². The molecule has 5 heteroatoms. The zero-order valence-corrected chi connectivity index (χ0v) is 11.0. The number of amides is 1. The molecule has 0 atom stereocenters. The summed E-state index contributed by atoms with van der Waals surface area (Å²) in [7, 11) is 3.48. The molecule has 0 aliphatic rings. The lowest BCUT2D eigenvalue weighted by Gasteiger charge is -2.06. The average molecular weight is 251 g/mol. The number of hydrogen-bond donors (Lipinski definition) is 2. The second-order valence-corrected chi connectivity index (χ2v) is 3.99. The van der Waals surface area contributed by atoms with Crippen molar-refractivity contribution < 1.29 is 9.53 Å². The Hall–Kier alpha value is -1.62. The van der Waals surface area contributed by atoms with E-state index in [1.165, 1.54) is 0 Å². The highest BCUT2D eigenvalue weighted by molar-refractivity contribution is 5.94. The summed E-state index contributed by atoms with van der Waals surface area (Å²) in [5.41, 5.74) is 0.631. The number of nitrogens with one attached hydrogen (secondary N) is 2. The molecule has 1 aromatic heterocycles. The van der Waals surface area contributed by atoms with E-state index in [1.807, 2.05) is 0 Å². The van der Waals surface area contributed by atoms with E-state index in [0.29, 0.717) is 17.9 Å². The molecular weight excluding hydrogens is 230 g/mol. The summed E-state index contributed by atoms with van der Waals surface area (Å²) in [4.78, 5) is 15.9. The van der Waals surface area contributed by atoms with Crippen LogP contribution in [0.2, 0.25) is 0 Å². The molecule has 0 aliphatic heterocycles. The van der Waals surface area contributed by atoms with Crippen LogP contribution in [-0.2, 0) is 4.74 Å². The van der Waals surface area contributed by atoms with Crippen molar-refractivity contribution in [3.63, 3.8) is 0 Å². The van der Waals surface area contributed by atoms with Crippen LogP contribution in [0.3, 0.4) is 0 Å². The molecule has 1 aromatic rings. The highest BCUT2D eigenvalue weighted by Gasteiger charge is 2.05. The summed E-state index contributed by atoms with van der Waals surface area (Å²) in [6, 6.07) is 3.45. The van der Waals surface area contributed by atoms with Crippen LogP contribution < -0.4 is 10.6 Å². The molecule has 0 aliphatic carbocycles. The molecule has 0 saturated heterocycles. The molecule has 0 aromatic carbocycles. The Labute approximate surface area is 108 Å². The Morgan fingerprint density at radius 1 is 1.39 bits per heavy atom. The quantitative estimate of drug-likeness (QED) is 0.690. The van der Waals surface area contributed by atoms with E-state index in [9.17, 15) is 4.79 Å². The van der Waals surface area contributed by atoms with E-state index >= 15 is 0 Å². The predicted molar refractivity (Wildman–Crippen MR) is 71.8 cm³/mol. The third-order valence-electron chi connectivity index (χ3n) is 2.59. The number of carbonyl (C=O) groups excluding carboxylic acids is 1. The van der Waals surface area contributed by atoms with Crippen molar-refractivity contribution in [1.29, 1.82) is 0 Å². The third kappa shape index (κ3) is 5.14. The number of carbonyl (C=O) groups is 1. The summed E-state index contributed by atoms with van der Waals surface area (Å²) < 4.78 is 4.96. The van der Waals surface area contributed by atoms with Gasteiger partial charge in [0.1, 0.15) is 5.82 Å². The maximum atomic E-state index is 11.8. The van der Waals surface area contributed by atoms with Crippen LogP contribution >= 0.6 is 0 Å². The molecule has 5 nitrogen and oxygen atoms in total. The molecule has 1 heterocycles. The molecular formula is C13H21N3O2. The van der Waals surface area contributed by atoms with Gasteiger partial charge in [0.2, 0.25) is 0 Å². The van der Waals surface area contributed by atoms with Gasteiger partial charge in [-0.1, -0.05) is 0 Å². The van der Waals surface area contributed by atoms with Crippen molar-refractivity contribution >= 4 is 11.7 Å². The molecule has 18 heavy (non-hydrogen) atoms. The van der Waals surface area contributed by atoms with Gasteiger partial charge in [-0.15, -0.1) is 0 Å². The molecule has 100 valence electrons. The molecule has 0 unspecified atom stereocenters. The molecule has 0 radical (unpaired) electrons. The van der Waals surface area contributed by atoms with E-state index < -0.39 is 0 Å². The normalized spacial score (nSPS) is 10.1. The second kappa shape index (κ2) is 8.47. The number of unbranched alkanes of at least 4 members (excludes halogenated alkanes) is 2. The number of rotatable bonds is 8. The summed E-state index contributed by atoms with van der Waals surface area (Å²) in [6.45, 7) is 1.48. The predicted octanol–water partition coefficient (Wildman–Crippen LogP) is 1.67. The Morgan fingerprint density at radius 3 is 2.94 bits per heavy atom. The topological polar surface area (TPSA) is 63.2 Å². The van der Waals surface area contributed by atoms with Crippen LogP contribution in [0.5, 0.6) is 0 Å². The highest BCUT2D eigenvalue weighted by atomic mass is 16.5. The standard InChI is InChI=1S/C13H21N3O2/c1-14-12-10-11(6-8-15-12)13(17)16-7-4-3-5-9-18-2/h6,8,10H,3-5,7,9H2,1-2H3,(H,14,15)(H,16,17). The van der Waals surface area contributed by atoms with Crippen LogP contribution in [0, 0.1) is 0 Å². The van der Waals surface area contributed by atoms with Gasteiger partial charge in [-0.2, -0.15) is 0 Å². The fourth-order valence-electron chi connectivity index (χ4n) is 1.56. The van der Waals surface area contributed by atoms with Crippen molar-refractivity contribution in [3.8, 4) is 0 Å². The minimum atomic E-state index is -0.0550. The number of methoxy groups -OCH3 is 1. The number of ether oxygens (including phenoxy) is 1. The van der Waals surface area contributed by atoms with E-state index in [4.69, 9.17) is 4.74 Å². The van der Waals surface area contributed by atoms with Crippen molar-refractivity contribution in [1.82, 2.24) is 10.3 Å². The first-order valence-electron chi connectivity index (χ1n) is 6.19. The SMILES string of the molecule is CNc1cc(C(=O)NCCCCCOC)ccn1. The lowest BCUT2D eigenvalue weighted by Crippen LogP contribution is -2.24. The average Bonchev–Trinajstić information content (AvgIpc) is 2.42. The zero-order valence-electron chi connectivity index (χ0n) is 11.0. The monoisotopic (exact) mass is 251 g/mol. The zero-order chi connectivity index (χ0) is 13.2. The van der Waals surface area contributed by atoms with E-state index in [1.54, 1.807) is 32.5 Å². The molecule has 0 spiro atoms. The number of nitrogens with zero attached hydrogens (tertiary/aromatic N) is 1. The Morgan fingerprint density at radius 2 is 2.22 bits per heavy atom. The maximum absolute atomic E-state index is 11.8. The van der Waals surface area contributed by atoms with Crippen LogP contribution in [-0.4, -0.2) is 38.2 Å². The first kappa shape index (κ1) is 14.4. The molecule has 1 amide bonds. The molecule has 1 rings (SSSR count). The number of hydrogen-bond acceptors (Lipinski definition) is 4. The fourth-order valence-corrected chi connectivity index (χ4v) is 1.56. The minimum Gasteiger partial charge on any atom is -0.385 e. The second-order valence-electron chi connectivity index (χ2n) is 3.99. The van der Waals surface area contributed by atoms with Gasteiger partial charge < -0.3 is 15.4 Å². The van der Waals surface area contributed by atoms with Gasteiger partial charge in [-0.25, -0.2) is 4.98 Å². The van der Waals surface area contributed by atoms with Crippen LogP contribution in [0.1, 0.15) is 29.6 Å². The Balaban J connectivity index is 2.27. The van der Waals surface area contributed by atoms with Gasteiger partial charge in [0, 0.05) is 39.1 Å². The summed E-state index contributed by atoms with van der Waals surface area (Å²) in [5.74, 6) is 0.642. The minimum absolute atomic E-state index is 0.0550. The van der Waals surface area contributed by atoms with Crippen LogP contribution in [0.25, 0.3) is 0 Å². The van der Waals surface area contributed by atoms with Crippen molar-refractivity contribution in [2.45, 2.75) is 19.3 Å². The van der Waals surface area contributed by atoms with Crippen molar-refractivity contribution in [3.05, 3.63) is 23.9 Å². The Bertz CT molecular complexity index is 369. The number of anilines is 1. The lowest BCUT2D eigenvalue weighted by molar-refractivity contribution is 0.0952. The largest absolute Gasteiger partial charge is 0.385 e. The molecule has 2 N–H and O–H groups in total. The van der Waals surface area contributed by atoms with Crippen molar-refractivity contribution in [2.24, 2.45) is 0 Å². The molecule has 0 bridgehead atoms.